The number of carbonyl (C=O) groups is 5. The van der Waals surface area contributed by atoms with Crippen LogP contribution in [-0.4, -0.2) is 71.1 Å². The highest BCUT2D eigenvalue weighted by molar-refractivity contribution is 5.97. The number of aliphatic hydroxyl groups excluding tert-OH is 1. The van der Waals surface area contributed by atoms with Gasteiger partial charge in [-0.25, -0.2) is 0 Å². The largest absolute Gasteiger partial charge is 0.481 e. The second kappa shape index (κ2) is 12.0. The van der Waals surface area contributed by atoms with Crippen LogP contribution >= 0.6 is 0 Å². The van der Waals surface area contributed by atoms with Crippen LogP contribution in [0.2, 0.25) is 0 Å². The molecule has 0 aromatic rings. The third-order valence-electron chi connectivity index (χ3n) is 14.2. The molecule has 49 heavy (non-hydrogen) atoms. The number of carboxylic acid groups (broad SMARTS) is 1. The molecule has 17 atom stereocenters. The minimum Gasteiger partial charge on any atom is -0.481 e. The molecule has 2 N–H and O–H groups in total. The van der Waals surface area contributed by atoms with Crippen molar-refractivity contribution in [3.05, 3.63) is 0 Å². The van der Waals surface area contributed by atoms with Gasteiger partial charge in [-0.3, -0.25) is 24.0 Å². The van der Waals surface area contributed by atoms with Gasteiger partial charge in [0.2, 0.25) is 0 Å². The quantitative estimate of drug-likeness (QED) is 0.204. The summed E-state index contributed by atoms with van der Waals surface area (Å²) in [7, 11) is 0. The highest BCUT2D eigenvalue weighted by Gasteiger charge is 2.72. The fourth-order valence-corrected chi connectivity index (χ4v) is 12.4. The van der Waals surface area contributed by atoms with Gasteiger partial charge in [-0.15, -0.1) is 0 Å². The molecule has 272 valence electrons. The van der Waals surface area contributed by atoms with E-state index in [-0.39, 0.29) is 66.5 Å². The van der Waals surface area contributed by atoms with Gasteiger partial charge in [-0.05, 0) is 112 Å². The predicted octanol–water partition coefficient (Wildman–Crippen LogP) is 4.13. The fourth-order valence-electron chi connectivity index (χ4n) is 12.4. The van der Waals surface area contributed by atoms with Crippen molar-refractivity contribution in [3.8, 4) is 0 Å². The zero-order valence-corrected chi connectivity index (χ0v) is 29.8. The lowest BCUT2D eigenvalue weighted by Gasteiger charge is -2.47. The van der Waals surface area contributed by atoms with Gasteiger partial charge in [-0.1, -0.05) is 27.7 Å². The Bertz CT molecular complexity index is 1400. The molecule has 4 saturated carbocycles. The molecular weight excluding hydrogens is 632 g/mol. The number of esters is 4. The zero-order valence-electron chi connectivity index (χ0n) is 29.8. The summed E-state index contributed by atoms with van der Waals surface area (Å²) < 4.78 is 23.5. The number of cyclic esters (lactones) is 2. The van der Waals surface area contributed by atoms with Gasteiger partial charge in [0, 0.05) is 5.41 Å². The third-order valence-corrected chi connectivity index (χ3v) is 14.2. The van der Waals surface area contributed by atoms with E-state index >= 15 is 0 Å². The predicted molar refractivity (Wildman–Crippen MR) is 172 cm³/mol. The van der Waals surface area contributed by atoms with Crippen molar-refractivity contribution in [2.24, 2.45) is 94.2 Å². The molecule has 11 nitrogen and oxygen atoms in total. The first-order valence-corrected chi connectivity index (χ1v) is 18.6. The molecule has 3 saturated heterocycles. The van der Waals surface area contributed by atoms with Crippen molar-refractivity contribution in [3.63, 3.8) is 0 Å². The van der Waals surface area contributed by atoms with E-state index in [0.29, 0.717) is 24.7 Å². The normalized spacial score (nSPS) is 46.8. The molecule has 0 aromatic heterocycles. The van der Waals surface area contributed by atoms with Crippen molar-refractivity contribution in [1.82, 2.24) is 0 Å². The first-order valence-electron chi connectivity index (χ1n) is 18.6. The average Bonchev–Trinajstić information content (AvgIpc) is 3.87. The van der Waals surface area contributed by atoms with Gasteiger partial charge in [0.15, 0.2) is 0 Å². The molecule has 7 rings (SSSR count). The summed E-state index contributed by atoms with van der Waals surface area (Å²) in [5.41, 5.74) is -1.36. The van der Waals surface area contributed by atoms with Crippen LogP contribution in [-0.2, 0) is 42.9 Å². The maximum absolute atomic E-state index is 14.0. The Morgan fingerprint density at radius 3 is 2.02 bits per heavy atom. The van der Waals surface area contributed by atoms with E-state index in [0.717, 1.165) is 19.3 Å². The summed E-state index contributed by atoms with van der Waals surface area (Å²) in [6, 6.07) is 0. The summed E-state index contributed by atoms with van der Waals surface area (Å²) >= 11 is 0. The summed E-state index contributed by atoms with van der Waals surface area (Å²) in [5.74, 6) is -7.07. The van der Waals surface area contributed by atoms with Crippen molar-refractivity contribution in [2.75, 3.05) is 13.2 Å². The van der Waals surface area contributed by atoms with Crippen molar-refractivity contribution in [1.29, 1.82) is 0 Å². The minimum absolute atomic E-state index is 0.00489. The number of hydrogen-bond donors (Lipinski definition) is 2. The van der Waals surface area contributed by atoms with Crippen LogP contribution in [0.15, 0.2) is 0 Å². The van der Waals surface area contributed by atoms with Crippen molar-refractivity contribution >= 4 is 29.8 Å². The Morgan fingerprint density at radius 2 is 1.43 bits per heavy atom. The Morgan fingerprint density at radius 1 is 0.776 bits per heavy atom. The smallest absolute Gasteiger partial charge is 0.317 e. The lowest BCUT2D eigenvalue weighted by molar-refractivity contribution is -0.167. The fraction of sp³-hybridized carbons (Fsp3) is 0.868. The highest BCUT2D eigenvalue weighted by Crippen LogP contribution is 2.68. The van der Waals surface area contributed by atoms with Gasteiger partial charge in [0.05, 0.1) is 55.0 Å². The first kappa shape index (κ1) is 34.9. The number of carboxylic acids is 1. The molecular formula is C38H54O11. The van der Waals surface area contributed by atoms with Crippen molar-refractivity contribution in [2.45, 2.75) is 98.4 Å². The standard InChI is InChI=1S/C38H54O11/c1-15-17-8-9-18(10-17)22(15)26-27(36(45)48-35(26)44)25-20-11-19(12-21(20)33(42)49-37(3,4)5)24(25)23-16(2)30-29(28(32(40)41)31(23)47-30)34(43)46-14-38(6,7)13-39/h15-31,39H,8-14H2,1-7H3,(H,40,41). The van der Waals surface area contributed by atoms with Crippen LogP contribution in [0.25, 0.3) is 0 Å². The molecule has 4 aliphatic carbocycles. The molecule has 3 heterocycles. The number of aliphatic carboxylic acids is 1. The molecule has 0 aromatic carbocycles. The maximum atomic E-state index is 14.0. The monoisotopic (exact) mass is 686 g/mol. The van der Waals surface area contributed by atoms with Gasteiger partial charge < -0.3 is 29.2 Å². The first-order chi connectivity index (χ1) is 22.9. The molecule has 17 unspecified atom stereocenters. The van der Waals surface area contributed by atoms with Gasteiger partial charge >= 0.3 is 29.8 Å². The van der Waals surface area contributed by atoms with Gasteiger partial charge in [0.1, 0.15) is 5.60 Å². The Balaban J connectivity index is 1.23. The van der Waals surface area contributed by atoms with Gasteiger partial charge in [-0.2, -0.15) is 0 Å². The number of fused-ring (bicyclic) bond motifs is 6. The van der Waals surface area contributed by atoms with Crippen molar-refractivity contribution < 1.29 is 53.1 Å². The van der Waals surface area contributed by atoms with E-state index in [9.17, 15) is 34.2 Å². The molecule has 7 fully saturated rings. The molecule has 0 radical (unpaired) electrons. The number of aliphatic hydroxyl groups is 1. The molecule has 6 bridgehead atoms. The molecule has 0 amide bonds. The summed E-state index contributed by atoms with van der Waals surface area (Å²) in [6.45, 7) is 13.0. The second-order valence-corrected chi connectivity index (χ2v) is 18.6. The molecule has 0 spiro atoms. The van der Waals surface area contributed by atoms with Crippen LogP contribution in [0.1, 0.15) is 80.6 Å². The minimum atomic E-state index is -1.14. The number of rotatable bonds is 9. The summed E-state index contributed by atoms with van der Waals surface area (Å²) in [6.07, 6.45) is 2.98. The van der Waals surface area contributed by atoms with Crippen LogP contribution in [0.3, 0.4) is 0 Å². The summed E-state index contributed by atoms with van der Waals surface area (Å²) in [5, 5.41) is 20.2. The van der Waals surface area contributed by atoms with Crippen LogP contribution in [0.4, 0.5) is 0 Å². The van der Waals surface area contributed by atoms with E-state index in [1.165, 1.54) is 0 Å². The number of hydrogen-bond acceptors (Lipinski definition) is 10. The molecule has 11 heteroatoms. The highest BCUT2D eigenvalue weighted by atomic mass is 16.6. The van der Waals surface area contributed by atoms with E-state index in [2.05, 4.69) is 6.92 Å². The SMILES string of the molecule is CC1C2CCC(C2)C1C1C(=O)OC(=O)C1C1C2CC(CC2C(=O)OC(C)(C)C)C1C1C(C)C2OC1C(C(=O)O)C2C(=O)OCC(C)(C)CO. The van der Waals surface area contributed by atoms with Crippen LogP contribution in [0, 0.1) is 94.2 Å². The third kappa shape index (κ3) is 5.55. The topological polar surface area (TPSA) is 163 Å². The van der Waals surface area contributed by atoms with E-state index in [4.69, 9.17) is 18.9 Å². The van der Waals surface area contributed by atoms with Crippen LogP contribution in [0.5, 0.6) is 0 Å². The number of ether oxygens (including phenoxy) is 4. The van der Waals surface area contributed by atoms with E-state index < -0.39 is 76.7 Å². The number of carbonyl (C=O) groups excluding carboxylic acids is 4. The zero-order chi connectivity index (χ0) is 35.5. The molecule has 7 aliphatic rings. The Kier molecular flexibility index (Phi) is 8.57. The lowest BCUT2D eigenvalue weighted by Crippen LogP contribution is -2.53. The van der Waals surface area contributed by atoms with Gasteiger partial charge in [0.25, 0.3) is 0 Å². The van der Waals surface area contributed by atoms with Crippen LogP contribution < -0.4 is 0 Å². The Hall–Kier alpha value is -2.53. The maximum Gasteiger partial charge on any atom is 0.317 e. The second-order valence-electron chi connectivity index (χ2n) is 18.6. The Labute approximate surface area is 288 Å². The summed E-state index contributed by atoms with van der Waals surface area (Å²) in [4.78, 5) is 67.8. The van der Waals surface area contributed by atoms with E-state index in [1.807, 2.05) is 27.7 Å². The molecule has 3 aliphatic heterocycles. The lowest BCUT2D eigenvalue weighted by atomic mass is 9.54. The average molecular weight is 687 g/mol. The van der Waals surface area contributed by atoms with E-state index in [1.54, 1.807) is 13.8 Å².